The van der Waals surface area contributed by atoms with Crippen molar-refractivity contribution < 1.29 is 4.90 Å². The normalized spacial score (nSPS) is 39.8. The SMILES string of the molecule is C[C@@H]1CCCC[NH+]1C. The minimum Gasteiger partial charge on any atom is -0.335 e. The summed E-state index contributed by atoms with van der Waals surface area (Å²) in [5, 5.41) is 0. The van der Waals surface area contributed by atoms with E-state index in [0.29, 0.717) is 0 Å². The summed E-state index contributed by atoms with van der Waals surface area (Å²) in [6.45, 7) is 3.73. The first-order valence-corrected chi connectivity index (χ1v) is 3.63. The summed E-state index contributed by atoms with van der Waals surface area (Å²) < 4.78 is 0. The van der Waals surface area contributed by atoms with Gasteiger partial charge in [-0.05, 0) is 26.2 Å². The molecule has 0 aliphatic carbocycles. The van der Waals surface area contributed by atoms with Crippen LogP contribution < -0.4 is 4.90 Å². The minimum absolute atomic E-state index is 0.920. The molecule has 0 bridgehead atoms. The van der Waals surface area contributed by atoms with Gasteiger partial charge in [0.05, 0.1) is 19.6 Å². The summed E-state index contributed by atoms with van der Waals surface area (Å²) in [6.07, 6.45) is 4.33. The Hall–Kier alpha value is -0.0400. The molecule has 0 saturated carbocycles. The van der Waals surface area contributed by atoms with Crippen molar-refractivity contribution in [2.45, 2.75) is 32.2 Å². The van der Waals surface area contributed by atoms with Crippen LogP contribution in [0, 0.1) is 0 Å². The van der Waals surface area contributed by atoms with E-state index in [1.54, 1.807) is 4.90 Å². The molecule has 1 aliphatic heterocycles. The summed E-state index contributed by atoms with van der Waals surface area (Å²) in [4.78, 5) is 1.72. The third-order valence-electron chi connectivity index (χ3n) is 2.30. The van der Waals surface area contributed by atoms with Crippen LogP contribution >= 0.6 is 0 Å². The largest absolute Gasteiger partial charge is 0.335 e. The van der Waals surface area contributed by atoms with E-state index < -0.39 is 0 Å². The average Bonchev–Trinajstić information content (AvgIpc) is 1.77. The van der Waals surface area contributed by atoms with E-state index in [2.05, 4.69) is 14.0 Å². The maximum atomic E-state index is 2.34. The summed E-state index contributed by atoms with van der Waals surface area (Å²) in [7, 11) is 2.30. The maximum Gasteiger partial charge on any atom is 0.0844 e. The summed E-state index contributed by atoms with van der Waals surface area (Å²) in [5.41, 5.74) is 0. The van der Waals surface area contributed by atoms with Crippen LogP contribution in [-0.2, 0) is 0 Å². The van der Waals surface area contributed by atoms with Crippen molar-refractivity contribution in [3.8, 4) is 0 Å². The molecule has 2 atom stereocenters. The van der Waals surface area contributed by atoms with Crippen LogP contribution in [0.2, 0.25) is 0 Å². The molecule has 1 heterocycles. The number of rotatable bonds is 0. The van der Waals surface area contributed by atoms with Gasteiger partial charge in [-0.1, -0.05) is 0 Å². The molecule has 1 saturated heterocycles. The second-order valence-electron chi connectivity index (χ2n) is 2.99. The molecule has 1 rings (SSSR count). The van der Waals surface area contributed by atoms with Gasteiger partial charge in [0.25, 0.3) is 0 Å². The number of nitrogens with one attached hydrogen (secondary N) is 1. The first-order chi connectivity index (χ1) is 3.80. The van der Waals surface area contributed by atoms with E-state index in [-0.39, 0.29) is 0 Å². The summed E-state index contributed by atoms with van der Waals surface area (Å²) >= 11 is 0. The zero-order valence-electron chi connectivity index (χ0n) is 5.91. The molecule has 1 unspecified atom stereocenters. The van der Waals surface area contributed by atoms with Crippen molar-refractivity contribution in [1.82, 2.24) is 0 Å². The standard InChI is InChI=1S/C7H15N/c1-7-5-3-4-6-8(7)2/h7H,3-6H2,1-2H3/p+1/t7-/m1/s1. The van der Waals surface area contributed by atoms with Gasteiger partial charge in [-0.3, -0.25) is 0 Å². The van der Waals surface area contributed by atoms with E-state index in [4.69, 9.17) is 0 Å². The van der Waals surface area contributed by atoms with Gasteiger partial charge in [-0.25, -0.2) is 0 Å². The molecule has 0 spiro atoms. The number of quaternary nitrogens is 1. The second kappa shape index (κ2) is 2.49. The lowest BCUT2D eigenvalue weighted by Crippen LogP contribution is -3.13. The van der Waals surface area contributed by atoms with Crippen molar-refractivity contribution in [3.05, 3.63) is 0 Å². The van der Waals surface area contributed by atoms with E-state index >= 15 is 0 Å². The van der Waals surface area contributed by atoms with Crippen LogP contribution in [0.5, 0.6) is 0 Å². The molecule has 0 aromatic carbocycles. The van der Waals surface area contributed by atoms with Crippen molar-refractivity contribution in [1.29, 1.82) is 0 Å². The predicted octanol–water partition coefficient (Wildman–Crippen LogP) is 0.0735. The molecule has 0 amide bonds. The van der Waals surface area contributed by atoms with Gasteiger partial charge in [-0.2, -0.15) is 0 Å². The fourth-order valence-corrected chi connectivity index (χ4v) is 1.35. The summed E-state index contributed by atoms with van der Waals surface area (Å²) in [6, 6.07) is 0.920. The van der Waals surface area contributed by atoms with Gasteiger partial charge >= 0.3 is 0 Å². The van der Waals surface area contributed by atoms with Gasteiger partial charge in [0.1, 0.15) is 0 Å². The summed E-state index contributed by atoms with van der Waals surface area (Å²) in [5.74, 6) is 0. The molecule has 1 fully saturated rings. The molecule has 0 aromatic heterocycles. The van der Waals surface area contributed by atoms with E-state index in [1.807, 2.05) is 0 Å². The van der Waals surface area contributed by atoms with Crippen LogP contribution in [0.4, 0.5) is 0 Å². The third kappa shape index (κ3) is 1.22. The van der Waals surface area contributed by atoms with Gasteiger partial charge in [-0.15, -0.1) is 0 Å². The molecule has 1 nitrogen and oxygen atoms in total. The van der Waals surface area contributed by atoms with Crippen molar-refractivity contribution in [3.63, 3.8) is 0 Å². The first kappa shape index (κ1) is 6.09. The fourth-order valence-electron chi connectivity index (χ4n) is 1.35. The van der Waals surface area contributed by atoms with Crippen LogP contribution in [-0.4, -0.2) is 19.6 Å². The Balaban J connectivity index is 2.28. The molecular weight excluding hydrogens is 98.1 g/mol. The Morgan fingerprint density at radius 1 is 1.38 bits per heavy atom. The third-order valence-corrected chi connectivity index (χ3v) is 2.30. The lowest BCUT2D eigenvalue weighted by molar-refractivity contribution is -0.909. The van der Waals surface area contributed by atoms with Gasteiger partial charge in [0.2, 0.25) is 0 Å². The zero-order chi connectivity index (χ0) is 5.98. The molecule has 48 valence electrons. The molecule has 8 heavy (non-hydrogen) atoms. The number of hydrogen-bond acceptors (Lipinski definition) is 0. The highest BCUT2D eigenvalue weighted by molar-refractivity contribution is 4.53. The first-order valence-electron chi connectivity index (χ1n) is 3.63. The van der Waals surface area contributed by atoms with Crippen LogP contribution in [0.1, 0.15) is 26.2 Å². The van der Waals surface area contributed by atoms with Gasteiger partial charge < -0.3 is 4.90 Å². The number of hydrogen-bond donors (Lipinski definition) is 1. The Morgan fingerprint density at radius 3 is 2.50 bits per heavy atom. The highest BCUT2D eigenvalue weighted by Crippen LogP contribution is 2.00. The van der Waals surface area contributed by atoms with E-state index in [1.165, 1.54) is 25.8 Å². The van der Waals surface area contributed by atoms with E-state index in [9.17, 15) is 0 Å². The Labute approximate surface area is 51.7 Å². The molecule has 0 radical (unpaired) electrons. The quantitative estimate of drug-likeness (QED) is 0.454. The number of likely N-dealkylation sites (tertiary alicyclic amines) is 1. The van der Waals surface area contributed by atoms with Crippen molar-refractivity contribution >= 4 is 0 Å². The predicted molar refractivity (Wildman–Crippen MR) is 35.1 cm³/mol. The molecular formula is C7H16N+. The minimum atomic E-state index is 0.920. The van der Waals surface area contributed by atoms with Gasteiger partial charge in [0, 0.05) is 0 Å². The topological polar surface area (TPSA) is 4.44 Å². The molecule has 1 N–H and O–H groups in total. The van der Waals surface area contributed by atoms with Crippen LogP contribution in [0.25, 0.3) is 0 Å². The zero-order valence-corrected chi connectivity index (χ0v) is 5.91. The highest BCUT2D eigenvalue weighted by Gasteiger charge is 2.16. The fraction of sp³-hybridized carbons (Fsp3) is 1.00. The molecule has 1 heteroatoms. The smallest absolute Gasteiger partial charge is 0.0844 e. The van der Waals surface area contributed by atoms with Crippen LogP contribution in [0.3, 0.4) is 0 Å². The molecule has 1 aliphatic rings. The highest BCUT2D eigenvalue weighted by atomic mass is 15.1. The molecule has 0 aromatic rings. The van der Waals surface area contributed by atoms with E-state index in [0.717, 1.165) is 6.04 Å². The van der Waals surface area contributed by atoms with Crippen molar-refractivity contribution in [2.75, 3.05) is 13.6 Å². The van der Waals surface area contributed by atoms with Crippen LogP contribution in [0.15, 0.2) is 0 Å². The number of piperidine rings is 1. The van der Waals surface area contributed by atoms with Crippen molar-refractivity contribution in [2.24, 2.45) is 0 Å². The monoisotopic (exact) mass is 114 g/mol. The Bertz CT molecular complexity index is 60.8. The Morgan fingerprint density at radius 2 is 2.12 bits per heavy atom. The lowest BCUT2D eigenvalue weighted by Gasteiger charge is -2.25. The lowest BCUT2D eigenvalue weighted by atomic mass is 10.1. The second-order valence-corrected chi connectivity index (χ2v) is 2.99. The Kier molecular flexibility index (Phi) is 1.90. The maximum absolute atomic E-state index is 2.34. The average molecular weight is 114 g/mol. The van der Waals surface area contributed by atoms with Gasteiger partial charge in [0.15, 0.2) is 0 Å².